The van der Waals surface area contributed by atoms with Gasteiger partial charge < -0.3 is 0 Å². The van der Waals surface area contributed by atoms with E-state index in [1.165, 1.54) is 16.7 Å². The number of nitrogens with zero attached hydrogens (tertiary/aromatic N) is 2. The van der Waals surface area contributed by atoms with Crippen LogP contribution in [0.25, 0.3) is 16.6 Å². The van der Waals surface area contributed by atoms with Gasteiger partial charge in [0.1, 0.15) is 5.82 Å². The number of aromatic nitrogens is 2. The Hall–Kier alpha value is -2.44. The van der Waals surface area contributed by atoms with E-state index < -0.39 is 5.82 Å². The molecule has 0 amide bonds. The normalized spacial score (nSPS) is 10.8. The summed E-state index contributed by atoms with van der Waals surface area (Å²) >= 11 is 5.66. The molecule has 0 bridgehead atoms. The van der Waals surface area contributed by atoms with Crippen LogP contribution < -0.4 is 16.8 Å². The fourth-order valence-electron chi connectivity index (χ4n) is 2.09. The Morgan fingerprint density at radius 3 is 2.71 bits per heavy atom. The predicted molar refractivity (Wildman–Crippen MR) is 80.1 cm³/mol. The van der Waals surface area contributed by atoms with Crippen molar-refractivity contribution in [1.82, 2.24) is 9.55 Å². The van der Waals surface area contributed by atoms with Crippen molar-refractivity contribution in [2.45, 2.75) is 0 Å². The molecule has 1 heterocycles. The van der Waals surface area contributed by atoms with Crippen LogP contribution in [0.1, 0.15) is 0 Å². The third-order valence-electron chi connectivity index (χ3n) is 3.07. The summed E-state index contributed by atoms with van der Waals surface area (Å²) in [5, 5.41) is 0.384. The fourth-order valence-corrected chi connectivity index (χ4v) is 2.21. The van der Waals surface area contributed by atoms with Crippen molar-refractivity contribution in [3.05, 3.63) is 63.7 Å². The van der Waals surface area contributed by atoms with E-state index in [1.54, 1.807) is 24.3 Å². The van der Waals surface area contributed by atoms with Gasteiger partial charge in [-0.1, -0.05) is 23.7 Å². The number of rotatable bonds is 2. The highest BCUT2D eigenvalue weighted by molar-refractivity contribution is 6.30. The highest BCUT2D eigenvalue weighted by atomic mass is 35.5. The van der Waals surface area contributed by atoms with E-state index in [-0.39, 0.29) is 22.2 Å². The zero-order valence-corrected chi connectivity index (χ0v) is 11.4. The molecular formula is C14H10ClFN4O. The van der Waals surface area contributed by atoms with Gasteiger partial charge in [-0.2, -0.15) is 0 Å². The Balaban J connectivity index is 2.37. The smallest absolute Gasteiger partial charge is 0.267 e. The number of hydrogen-bond acceptors (Lipinski definition) is 4. The van der Waals surface area contributed by atoms with Crippen molar-refractivity contribution in [1.29, 1.82) is 0 Å². The van der Waals surface area contributed by atoms with Crippen LogP contribution in [0, 0.1) is 5.82 Å². The molecule has 5 nitrogen and oxygen atoms in total. The molecule has 7 heteroatoms. The van der Waals surface area contributed by atoms with Gasteiger partial charge in [0.15, 0.2) is 0 Å². The van der Waals surface area contributed by atoms with Gasteiger partial charge in [0, 0.05) is 0 Å². The van der Waals surface area contributed by atoms with Gasteiger partial charge in [0.2, 0.25) is 5.95 Å². The summed E-state index contributed by atoms with van der Waals surface area (Å²) in [5.74, 6) is 4.91. The standard InChI is InChI=1S/C14H10ClFN4O/c15-10-6-5-8(7-11(10)16)20-13(21)9-3-1-2-4-12(9)18-14(20)19-17/h1-7H,17H2,(H,18,19). The number of nitrogen functional groups attached to an aromatic ring is 1. The largest absolute Gasteiger partial charge is 0.293 e. The van der Waals surface area contributed by atoms with E-state index >= 15 is 0 Å². The van der Waals surface area contributed by atoms with Crippen LogP contribution in [0.3, 0.4) is 0 Å². The third-order valence-corrected chi connectivity index (χ3v) is 3.37. The number of fused-ring (bicyclic) bond motifs is 1. The van der Waals surface area contributed by atoms with Crippen molar-refractivity contribution < 1.29 is 4.39 Å². The lowest BCUT2D eigenvalue weighted by Gasteiger charge is -2.12. The maximum absolute atomic E-state index is 13.6. The molecule has 0 radical (unpaired) electrons. The molecular weight excluding hydrogens is 295 g/mol. The molecule has 106 valence electrons. The SMILES string of the molecule is NNc1nc2ccccc2c(=O)n1-c1ccc(Cl)c(F)c1. The van der Waals surface area contributed by atoms with Crippen LogP contribution in [0.4, 0.5) is 10.3 Å². The molecule has 0 saturated heterocycles. The maximum atomic E-state index is 13.6. The van der Waals surface area contributed by atoms with Crippen LogP contribution in [-0.4, -0.2) is 9.55 Å². The molecule has 3 N–H and O–H groups in total. The average molecular weight is 305 g/mol. The molecule has 3 rings (SSSR count). The molecule has 3 aromatic rings. The van der Waals surface area contributed by atoms with E-state index in [1.807, 2.05) is 0 Å². The van der Waals surface area contributed by atoms with Gasteiger partial charge in [-0.05, 0) is 30.3 Å². The molecule has 0 aliphatic carbocycles. The van der Waals surface area contributed by atoms with Crippen LogP contribution >= 0.6 is 11.6 Å². The number of anilines is 1. The van der Waals surface area contributed by atoms with E-state index in [4.69, 9.17) is 17.4 Å². The lowest BCUT2D eigenvalue weighted by molar-refractivity contribution is 0.627. The second-order valence-corrected chi connectivity index (χ2v) is 4.74. The second kappa shape index (κ2) is 5.16. The van der Waals surface area contributed by atoms with Gasteiger partial charge >= 0.3 is 0 Å². The number of hydrazine groups is 1. The molecule has 1 aromatic heterocycles. The zero-order valence-electron chi connectivity index (χ0n) is 10.7. The number of halogens is 2. The number of nitrogens with two attached hydrogens (primary N) is 1. The summed E-state index contributed by atoms with van der Waals surface area (Å²) in [6.45, 7) is 0. The molecule has 0 spiro atoms. The van der Waals surface area contributed by atoms with Crippen molar-refractivity contribution in [3.8, 4) is 5.69 Å². The topological polar surface area (TPSA) is 72.9 Å². The van der Waals surface area contributed by atoms with Crippen LogP contribution in [0.15, 0.2) is 47.3 Å². The van der Waals surface area contributed by atoms with Gasteiger partial charge in [-0.3, -0.25) is 10.2 Å². The van der Waals surface area contributed by atoms with E-state index in [2.05, 4.69) is 10.4 Å². The van der Waals surface area contributed by atoms with E-state index in [0.717, 1.165) is 6.07 Å². The first-order chi connectivity index (χ1) is 10.1. The van der Waals surface area contributed by atoms with Gasteiger partial charge in [-0.15, -0.1) is 0 Å². The highest BCUT2D eigenvalue weighted by Crippen LogP contribution is 2.20. The molecule has 0 unspecified atom stereocenters. The number of nitrogens with one attached hydrogen (secondary N) is 1. The second-order valence-electron chi connectivity index (χ2n) is 4.34. The summed E-state index contributed by atoms with van der Waals surface area (Å²) in [6.07, 6.45) is 0. The molecule has 0 saturated carbocycles. The molecule has 0 aliphatic heterocycles. The minimum absolute atomic E-state index is 0.0252. The van der Waals surface area contributed by atoms with Crippen molar-refractivity contribution in [2.75, 3.05) is 5.43 Å². The summed E-state index contributed by atoms with van der Waals surface area (Å²) in [5.41, 5.74) is 2.79. The Bertz CT molecular complexity index is 894. The molecule has 21 heavy (non-hydrogen) atoms. The van der Waals surface area contributed by atoms with Crippen LogP contribution in [0.2, 0.25) is 5.02 Å². The van der Waals surface area contributed by atoms with Crippen molar-refractivity contribution in [2.24, 2.45) is 5.84 Å². The van der Waals surface area contributed by atoms with Crippen LogP contribution in [-0.2, 0) is 0 Å². The number of benzene rings is 2. The summed E-state index contributed by atoms with van der Waals surface area (Å²) in [7, 11) is 0. The first-order valence-corrected chi connectivity index (χ1v) is 6.43. The summed E-state index contributed by atoms with van der Waals surface area (Å²) < 4.78 is 14.8. The Morgan fingerprint density at radius 2 is 2.00 bits per heavy atom. The average Bonchev–Trinajstić information content (AvgIpc) is 2.50. The minimum atomic E-state index is -0.628. The number of hydrogen-bond donors (Lipinski definition) is 2. The quantitative estimate of drug-likeness (QED) is 0.563. The summed E-state index contributed by atoms with van der Waals surface area (Å²) in [4.78, 5) is 16.8. The lowest BCUT2D eigenvalue weighted by atomic mass is 10.2. The third kappa shape index (κ3) is 2.24. The Morgan fingerprint density at radius 1 is 1.24 bits per heavy atom. The van der Waals surface area contributed by atoms with E-state index in [0.29, 0.717) is 10.9 Å². The van der Waals surface area contributed by atoms with Crippen LogP contribution in [0.5, 0.6) is 0 Å². The van der Waals surface area contributed by atoms with Crippen molar-refractivity contribution >= 4 is 28.5 Å². The number of para-hydroxylation sites is 1. The van der Waals surface area contributed by atoms with Gasteiger partial charge in [0.05, 0.1) is 21.6 Å². The predicted octanol–water partition coefficient (Wildman–Crippen LogP) is 2.46. The first-order valence-electron chi connectivity index (χ1n) is 6.05. The zero-order chi connectivity index (χ0) is 15.0. The summed E-state index contributed by atoms with van der Waals surface area (Å²) in [6, 6.07) is 10.9. The Kier molecular flexibility index (Phi) is 3.32. The monoisotopic (exact) mass is 304 g/mol. The maximum Gasteiger partial charge on any atom is 0.267 e. The molecule has 2 aromatic carbocycles. The lowest BCUT2D eigenvalue weighted by Crippen LogP contribution is -2.26. The van der Waals surface area contributed by atoms with Gasteiger partial charge in [-0.25, -0.2) is 19.8 Å². The Labute approximate surface area is 123 Å². The van der Waals surface area contributed by atoms with Gasteiger partial charge in [0.25, 0.3) is 5.56 Å². The van der Waals surface area contributed by atoms with E-state index in [9.17, 15) is 9.18 Å². The fraction of sp³-hybridized carbons (Fsp3) is 0. The molecule has 0 fully saturated rings. The van der Waals surface area contributed by atoms with Crippen molar-refractivity contribution in [3.63, 3.8) is 0 Å². The first kappa shape index (κ1) is 13.5. The highest BCUT2D eigenvalue weighted by Gasteiger charge is 2.13. The minimum Gasteiger partial charge on any atom is -0.293 e. The molecule has 0 atom stereocenters. The molecule has 0 aliphatic rings.